The zero-order chi connectivity index (χ0) is 17.9. The van der Waals surface area contributed by atoms with Gasteiger partial charge < -0.3 is 15.6 Å². The maximum atomic E-state index is 12.7. The number of thiophene rings is 1. The molecule has 6 nitrogen and oxygen atoms in total. The predicted molar refractivity (Wildman–Crippen MR) is 96.3 cm³/mol. The van der Waals surface area contributed by atoms with Crippen molar-refractivity contribution in [1.29, 1.82) is 0 Å². The molecule has 136 valence electrons. The lowest BCUT2D eigenvalue weighted by Crippen LogP contribution is -2.62. The second-order valence-electron chi connectivity index (χ2n) is 8.20. The van der Waals surface area contributed by atoms with E-state index in [1.54, 1.807) is 17.4 Å². The van der Waals surface area contributed by atoms with E-state index in [2.05, 4.69) is 10.5 Å². The minimum absolute atomic E-state index is 0.104. The fourth-order valence-electron chi connectivity index (χ4n) is 5.71. The Bertz CT molecular complexity index is 843. The van der Waals surface area contributed by atoms with Crippen LogP contribution in [0.25, 0.3) is 11.3 Å². The minimum Gasteiger partial charge on any atom is -0.369 e. The third-order valence-corrected chi connectivity index (χ3v) is 7.33. The van der Waals surface area contributed by atoms with Crippen molar-refractivity contribution in [3.05, 3.63) is 28.6 Å². The minimum atomic E-state index is -0.336. The Morgan fingerprint density at radius 2 is 2.04 bits per heavy atom. The molecule has 0 radical (unpaired) electrons. The number of rotatable bonds is 4. The van der Waals surface area contributed by atoms with Crippen LogP contribution >= 0.6 is 11.3 Å². The van der Waals surface area contributed by atoms with E-state index in [1.165, 1.54) is 0 Å². The van der Waals surface area contributed by atoms with Crippen molar-refractivity contribution < 1.29 is 14.1 Å². The lowest BCUT2D eigenvalue weighted by Gasteiger charge is -2.58. The van der Waals surface area contributed by atoms with Crippen molar-refractivity contribution in [2.75, 3.05) is 0 Å². The van der Waals surface area contributed by atoms with E-state index in [0.717, 1.165) is 37.7 Å². The fraction of sp³-hybridized carbons (Fsp3) is 0.526. The van der Waals surface area contributed by atoms with Crippen LogP contribution in [0.3, 0.4) is 0 Å². The van der Waals surface area contributed by atoms with Gasteiger partial charge in [0.1, 0.15) is 0 Å². The molecule has 0 aliphatic heterocycles. The highest BCUT2D eigenvalue weighted by Crippen LogP contribution is 2.59. The standard InChI is InChI=1S/C19H21N3O3S/c20-18(24)19-6-10-3-12(7-19)16(13(4-10)8-19)21-17(23)14-5-15(25-22-14)11-1-2-26-9-11/h1-2,5,9-10,12-13,16H,3-4,6-8H2,(H2,20,24)(H,21,23)/t10?,12?,13?,16-,19-. The number of primary amides is 1. The highest BCUT2D eigenvalue weighted by Gasteiger charge is 2.58. The highest BCUT2D eigenvalue weighted by molar-refractivity contribution is 7.08. The first-order chi connectivity index (χ1) is 12.5. The Kier molecular flexibility index (Phi) is 3.50. The van der Waals surface area contributed by atoms with E-state index in [9.17, 15) is 9.59 Å². The van der Waals surface area contributed by atoms with E-state index >= 15 is 0 Å². The molecule has 7 heteroatoms. The van der Waals surface area contributed by atoms with Crippen LogP contribution < -0.4 is 11.1 Å². The summed E-state index contributed by atoms with van der Waals surface area (Å²) in [5, 5.41) is 11.0. The predicted octanol–water partition coefficient (Wildman–Crippen LogP) is 2.81. The molecule has 2 amide bonds. The van der Waals surface area contributed by atoms with Crippen LogP contribution in [0, 0.1) is 23.2 Å². The number of nitrogens with one attached hydrogen (secondary N) is 1. The third-order valence-electron chi connectivity index (χ3n) is 6.64. The van der Waals surface area contributed by atoms with Crippen LogP contribution in [0.15, 0.2) is 27.4 Å². The average molecular weight is 371 g/mol. The number of carbonyl (C=O) groups is 2. The quantitative estimate of drug-likeness (QED) is 0.863. The number of carbonyl (C=O) groups excluding carboxylic acids is 2. The molecule has 6 rings (SSSR count). The smallest absolute Gasteiger partial charge is 0.273 e. The largest absolute Gasteiger partial charge is 0.369 e. The van der Waals surface area contributed by atoms with Gasteiger partial charge in [-0.3, -0.25) is 9.59 Å². The molecule has 0 saturated heterocycles. The number of aromatic nitrogens is 1. The number of nitrogens with two attached hydrogens (primary N) is 1. The molecule has 3 N–H and O–H groups in total. The summed E-state index contributed by atoms with van der Waals surface area (Å²) in [6, 6.07) is 3.74. The van der Waals surface area contributed by atoms with Crippen molar-refractivity contribution in [1.82, 2.24) is 10.5 Å². The van der Waals surface area contributed by atoms with E-state index in [-0.39, 0.29) is 23.3 Å². The summed E-state index contributed by atoms with van der Waals surface area (Å²) in [5.41, 5.74) is 6.64. The van der Waals surface area contributed by atoms with Gasteiger partial charge in [0.05, 0.1) is 0 Å². The van der Waals surface area contributed by atoms with Crippen LogP contribution in [0.2, 0.25) is 0 Å². The molecule has 4 fully saturated rings. The van der Waals surface area contributed by atoms with Crippen LogP contribution in [0.1, 0.15) is 42.6 Å². The van der Waals surface area contributed by atoms with Crippen molar-refractivity contribution in [3.8, 4) is 11.3 Å². The summed E-state index contributed by atoms with van der Waals surface area (Å²) in [6.07, 6.45) is 4.70. The SMILES string of the molecule is NC(=O)[C@]12CC3CC(C1)[C@@H](NC(=O)c1cc(-c4ccsc4)on1)C(C3)C2. The van der Waals surface area contributed by atoms with Gasteiger partial charge in [0.25, 0.3) is 5.91 Å². The third kappa shape index (κ3) is 2.40. The molecular weight excluding hydrogens is 350 g/mol. The summed E-state index contributed by atoms with van der Waals surface area (Å²) >= 11 is 1.57. The number of hydrogen-bond donors (Lipinski definition) is 2. The number of nitrogens with zero attached hydrogens (tertiary/aromatic N) is 1. The first-order valence-corrected chi connectivity index (χ1v) is 10.1. The Morgan fingerprint density at radius 1 is 1.27 bits per heavy atom. The highest BCUT2D eigenvalue weighted by atomic mass is 32.1. The van der Waals surface area contributed by atoms with E-state index in [4.69, 9.17) is 10.3 Å². The maximum Gasteiger partial charge on any atom is 0.273 e. The van der Waals surface area contributed by atoms with E-state index < -0.39 is 0 Å². The summed E-state index contributed by atoms with van der Waals surface area (Å²) in [6.45, 7) is 0. The molecule has 4 aliphatic rings. The van der Waals surface area contributed by atoms with Crippen LogP contribution in [0.4, 0.5) is 0 Å². The van der Waals surface area contributed by atoms with Crippen molar-refractivity contribution in [2.24, 2.45) is 28.9 Å². The molecule has 4 aliphatic carbocycles. The average Bonchev–Trinajstić information content (AvgIpc) is 3.28. The lowest BCUT2D eigenvalue weighted by molar-refractivity contribution is -0.145. The van der Waals surface area contributed by atoms with Crippen LogP contribution in [-0.4, -0.2) is 23.0 Å². The normalized spacial score (nSPS) is 34.8. The Hall–Kier alpha value is -2.15. The molecule has 2 aromatic rings. The fourth-order valence-corrected chi connectivity index (χ4v) is 6.36. The molecule has 2 atom stereocenters. The zero-order valence-electron chi connectivity index (χ0n) is 14.3. The molecule has 2 unspecified atom stereocenters. The van der Waals surface area contributed by atoms with Gasteiger partial charge in [-0.15, -0.1) is 0 Å². The maximum absolute atomic E-state index is 12.7. The molecule has 0 spiro atoms. The van der Waals surface area contributed by atoms with Gasteiger partial charge in [-0.05, 0) is 61.3 Å². The molecule has 2 aromatic heterocycles. The van der Waals surface area contributed by atoms with Crippen molar-refractivity contribution in [3.63, 3.8) is 0 Å². The Balaban J connectivity index is 1.33. The van der Waals surface area contributed by atoms with E-state index in [0.29, 0.717) is 29.2 Å². The molecule has 2 heterocycles. The van der Waals surface area contributed by atoms with Gasteiger partial charge in [-0.1, -0.05) is 5.16 Å². The molecule has 4 saturated carbocycles. The van der Waals surface area contributed by atoms with Gasteiger partial charge in [0, 0.05) is 28.5 Å². The first-order valence-electron chi connectivity index (χ1n) is 9.14. The Labute approximate surface area is 155 Å². The summed E-state index contributed by atoms with van der Waals surface area (Å²) in [4.78, 5) is 24.7. The molecule has 26 heavy (non-hydrogen) atoms. The summed E-state index contributed by atoms with van der Waals surface area (Å²) in [5.74, 6) is 1.50. The van der Waals surface area contributed by atoms with Gasteiger partial charge in [0.15, 0.2) is 11.5 Å². The lowest BCUT2D eigenvalue weighted by atomic mass is 9.47. The van der Waals surface area contributed by atoms with Gasteiger partial charge in [-0.2, -0.15) is 11.3 Å². The van der Waals surface area contributed by atoms with Gasteiger partial charge in [-0.25, -0.2) is 0 Å². The molecular formula is C19H21N3O3S. The summed E-state index contributed by atoms with van der Waals surface area (Å²) < 4.78 is 5.32. The number of amides is 2. The first kappa shape index (κ1) is 16.1. The van der Waals surface area contributed by atoms with E-state index in [1.807, 2.05) is 16.8 Å². The summed E-state index contributed by atoms with van der Waals surface area (Å²) in [7, 11) is 0. The van der Waals surface area contributed by atoms with Gasteiger partial charge in [0.2, 0.25) is 5.91 Å². The van der Waals surface area contributed by atoms with Gasteiger partial charge >= 0.3 is 0 Å². The molecule has 4 bridgehead atoms. The van der Waals surface area contributed by atoms with Crippen LogP contribution in [-0.2, 0) is 4.79 Å². The topological polar surface area (TPSA) is 98.2 Å². The zero-order valence-corrected chi connectivity index (χ0v) is 15.1. The molecule has 0 aromatic carbocycles. The van der Waals surface area contributed by atoms with Crippen molar-refractivity contribution in [2.45, 2.75) is 38.1 Å². The van der Waals surface area contributed by atoms with Crippen LogP contribution in [0.5, 0.6) is 0 Å². The second-order valence-corrected chi connectivity index (χ2v) is 8.98. The van der Waals surface area contributed by atoms with Crippen molar-refractivity contribution >= 4 is 23.2 Å². The second kappa shape index (κ2) is 5.67. The monoisotopic (exact) mass is 371 g/mol. The Morgan fingerprint density at radius 3 is 2.69 bits per heavy atom. The number of hydrogen-bond acceptors (Lipinski definition) is 5.